The number of nitrogens with one attached hydrogen (secondary N) is 1. The van der Waals surface area contributed by atoms with Gasteiger partial charge in [-0.05, 0) is 39.5 Å². The summed E-state index contributed by atoms with van der Waals surface area (Å²) in [5.74, 6) is 0.339. The molecule has 1 aromatic carbocycles. The van der Waals surface area contributed by atoms with Crippen LogP contribution in [0.1, 0.15) is 10.4 Å². The molecule has 19 heavy (non-hydrogen) atoms. The second-order valence-electron chi connectivity index (χ2n) is 3.80. The number of anilines is 1. The molecule has 0 saturated carbocycles. The first-order valence-electron chi connectivity index (χ1n) is 5.50. The Balaban J connectivity index is 1.95. The Morgan fingerprint density at radius 1 is 1.21 bits per heavy atom. The Kier molecular flexibility index (Phi) is 3.27. The molecule has 2 aromatic heterocycles. The van der Waals surface area contributed by atoms with E-state index in [4.69, 9.17) is 0 Å². The SMILES string of the molecule is O=C(Nc1ncnc2sccc12)c1ccccc1Br. The van der Waals surface area contributed by atoms with Gasteiger partial charge in [0.2, 0.25) is 0 Å². The Bertz CT molecular complexity index is 756. The summed E-state index contributed by atoms with van der Waals surface area (Å²) in [4.78, 5) is 21.3. The number of nitrogens with zero attached hydrogens (tertiary/aromatic N) is 2. The summed E-state index contributed by atoms with van der Waals surface area (Å²) in [6.07, 6.45) is 1.45. The van der Waals surface area contributed by atoms with Crippen molar-refractivity contribution in [2.24, 2.45) is 0 Å². The Morgan fingerprint density at radius 3 is 2.89 bits per heavy atom. The first kappa shape index (κ1) is 12.3. The van der Waals surface area contributed by atoms with Crippen molar-refractivity contribution in [2.45, 2.75) is 0 Å². The van der Waals surface area contributed by atoms with Gasteiger partial charge in [0.25, 0.3) is 5.91 Å². The maximum absolute atomic E-state index is 12.2. The van der Waals surface area contributed by atoms with Gasteiger partial charge in [-0.15, -0.1) is 11.3 Å². The maximum atomic E-state index is 12.2. The number of carbonyl (C=O) groups is 1. The summed E-state index contributed by atoms with van der Waals surface area (Å²) in [7, 11) is 0. The van der Waals surface area contributed by atoms with E-state index in [1.54, 1.807) is 6.07 Å². The van der Waals surface area contributed by atoms with E-state index in [0.717, 1.165) is 14.7 Å². The molecule has 0 atom stereocenters. The molecule has 4 nitrogen and oxygen atoms in total. The second-order valence-corrected chi connectivity index (χ2v) is 5.54. The van der Waals surface area contributed by atoms with Crippen LogP contribution in [0.4, 0.5) is 5.82 Å². The highest BCUT2D eigenvalue weighted by Crippen LogP contribution is 2.25. The Hall–Kier alpha value is -1.79. The van der Waals surface area contributed by atoms with Gasteiger partial charge in [0, 0.05) is 4.47 Å². The average molecular weight is 334 g/mol. The predicted molar refractivity (Wildman–Crippen MR) is 79.5 cm³/mol. The van der Waals surface area contributed by atoms with Crippen molar-refractivity contribution >= 4 is 49.2 Å². The van der Waals surface area contributed by atoms with E-state index in [1.165, 1.54) is 17.7 Å². The zero-order valence-corrected chi connectivity index (χ0v) is 12.0. The summed E-state index contributed by atoms with van der Waals surface area (Å²) < 4.78 is 0.753. The lowest BCUT2D eigenvalue weighted by atomic mass is 10.2. The van der Waals surface area contributed by atoms with E-state index in [2.05, 4.69) is 31.2 Å². The molecule has 94 valence electrons. The third-order valence-corrected chi connectivity index (χ3v) is 4.12. The van der Waals surface area contributed by atoms with Crippen LogP contribution < -0.4 is 5.32 Å². The van der Waals surface area contributed by atoms with Gasteiger partial charge in [-0.2, -0.15) is 0 Å². The van der Waals surface area contributed by atoms with Crippen LogP contribution >= 0.6 is 27.3 Å². The number of hydrogen-bond acceptors (Lipinski definition) is 4. The fourth-order valence-electron chi connectivity index (χ4n) is 1.71. The first-order chi connectivity index (χ1) is 9.25. The highest BCUT2D eigenvalue weighted by Gasteiger charge is 2.12. The predicted octanol–water partition coefficient (Wildman–Crippen LogP) is 3.71. The molecule has 3 aromatic rings. The van der Waals surface area contributed by atoms with Gasteiger partial charge >= 0.3 is 0 Å². The molecule has 0 aliphatic rings. The molecule has 0 radical (unpaired) electrons. The summed E-state index contributed by atoms with van der Waals surface area (Å²) in [6, 6.07) is 9.17. The van der Waals surface area contributed by atoms with Crippen molar-refractivity contribution in [1.29, 1.82) is 0 Å². The van der Waals surface area contributed by atoms with Gasteiger partial charge in [-0.1, -0.05) is 12.1 Å². The molecule has 6 heteroatoms. The number of rotatable bonds is 2. The third-order valence-electron chi connectivity index (χ3n) is 2.61. The minimum atomic E-state index is -0.196. The van der Waals surface area contributed by atoms with Crippen molar-refractivity contribution in [2.75, 3.05) is 5.32 Å². The number of fused-ring (bicyclic) bond motifs is 1. The molecule has 1 N–H and O–H groups in total. The maximum Gasteiger partial charge on any atom is 0.257 e. The van der Waals surface area contributed by atoms with Crippen LogP contribution in [0.25, 0.3) is 10.2 Å². The van der Waals surface area contributed by atoms with Crippen LogP contribution in [0.5, 0.6) is 0 Å². The number of carbonyl (C=O) groups excluding carboxylic acids is 1. The molecule has 3 rings (SSSR count). The lowest BCUT2D eigenvalue weighted by Crippen LogP contribution is -2.13. The van der Waals surface area contributed by atoms with E-state index >= 15 is 0 Å². The molecule has 0 unspecified atom stereocenters. The van der Waals surface area contributed by atoms with Gasteiger partial charge in [0.1, 0.15) is 17.0 Å². The van der Waals surface area contributed by atoms with E-state index in [1.807, 2.05) is 29.6 Å². The summed E-state index contributed by atoms with van der Waals surface area (Å²) in [5, 5.41) is 5.59. The molecule has 0 saturated heterocycles. The lowest BCUT2D eigenvalue weighted by molar-refractivity contribution is 0.102. The van der Waals surface area contributed by atoms with Crippen molar-refractivity contribution in [3.8, 4) is 0 Å². The number of benzene rings is 1. The van der Waals surface area contributed by atoms with Crippen LogP contribution in [0.3, 0.4) is 0 Å². The zero-order chi connectivity index (χ0) is 13.2. The van der Waals surface area contributed by atoms with Crippen molar-refractivity contribution in [1.82, 2.24) is 9.97 Å². The van der Waals surface area contributed by atoms with E-state index in [-0.39, 0.29) is 5.91 Å². The number of halogens is 1. The van der Waals surface area contributed by atoms with Gasteiger partial charge in [0.05, 0.1) is 10.9 Å². The van der Waals surface area contributed by atoms with Gasteiger partial charge in [-0.25, -0.2) is 9.97 Å². The third kappa shape index (κ3) is 2.36. The fraction of sp³-hybridized carbons (Fsp3) is 0. The molecule has 0 spiro atoms. The monoisotopic (exact) mass is 333 g/mol. The van der Waals surface area contributed by atoms with Crippen LogP contribution in [0.15, 0.2) is 46.5 Å². The van der Waals surface area contributed by atoms with Gasteiger partial charge in [0.15, 0.2) is 0 Å². The average Bonchev–Trinajstić information content (AvgIpc) is 2.88. The molecule has 0 fully saturated rings. The van der Waals surface area contributed by atoms with Crippen molar-refractivity contribution in [3.05, 3.63) is 52.1 Å². The molecule has 2 heterocycles. The smallest absolute Gasteiger partial charge is 0.257 e. The number of thiophene rings is 1. The second kappa shape index (κ2) is 5.07. The van der Waals surface area contributed by atoms with Crippen molar-refractivity contribution < 1.29 is 4.79 Å². The molecule has 0 aliphatic carbocycles. The number of hydrogen-bond donors (Lipinski definition) is 1. The van der Waals surface area contributed by atoms with Crippen molar-refractivity contribution in [3.63, 3.8) is 0 Å². The topological polar surface area (TPSA) is 54.9 Å². The molecular weight excluding hydrogens is 326 g/mol. The molecule has 0 bridgehead atoms. The Labute approximate surface area is 121 Å². The standard InChI is InChI=1S/C13H8BrN3OS/c14-10-4-2-1-3-8(10)12(18)17-11-9-5-6-19-13(9)16-7-15-11/h1-7H,(H,15,16,17,18). The number of amides is 1. The van der Waals surface area contributed by atoms with E-state index in [0.29, 0.717) is 11.4 Å². The summed E-state index contributed by atoms with van der Waals surface area (Å²) >= 11 is 4.88. The van der Waals surface area contributed by atoms with Crippen LogP contribution in [-0.2, 0) is 0 Å². The minimum absolute atomic E-state index is 0.196. The quantitative estimate of drug-likeness (QED) is 0.777. The Morgan fingerprint density at radius 2 is 2.05 bits per heavy atom. The summed E-state index contributed by atoms with van der Waals surface area (Å²) in [6.45, 7) is 0. The van der Waals surface area contributed by atoms with Crippen LogP contribution in [-0.4, -0.2) is 15.9 Å². The zero-order valence-electron chi connectivity index (χ0n) is 9.63. The molecule has 0 aliphatic heterocycles. The lowest BCUT2D eigenvalue weighted by Gasteiger charge is -2.06. The first-order valence-corrected chi connectivity index (χ1v) is 7.17. The molecular formula is C13H8BrN3OS. The number of aromatic nitrogens is 2. The molecule has 1 amide bonds. The van der Waals surface area contributed by atoms with Gasteiger partial charge < -0.3 is 5.32 Å². The van der Waals surface area contributed by atoms with Gasteiger partial charge in [-0.3, -0.25) is 4.79 Å². The highest BCUT2D eigenvalue weighted by molar-refractivity contribution is 9.10. The fourth-order valence-corrected chi connectivity index (χ4v) is 2.91. The van der Waals surface area contributed by atoms with E-state index in [9.17, 15) is 4.79 Å². The van der Waals surface area contributed by atoms with Crippen LogP contribution in [0, 0.1) is 0 Å². The normalized spacial score (nSPS) is 10.6. The highest BCUT2D eigenvalue weighted by atomic mass is 79.9. The summed E-state index contributed by atoms with van der Waals surface area (Å²) in [5.41, 5.74) is 0.574. The minimum Gasteiger partial charge on any atom is -0.306 e. The van der Waals surface area contributed by atoms with Crippen LogP contribution in [0.2, 0.25) is 0 Å². The largest absolute Gasteiger partial charge is 0.306 e. The van der Waals surface area contributed by atoms with E-state index < -0.39 is 0 Å².